The van der Waals surface area contributed by atoms with Gasteiger partial charge in [0.1, 0.15) is 0 Å². The van der Waals surface area contributed by atoms with Crippen LogP contribution in [0.25, 0.3) is 0 Å². The molecule has 0 amide bonds. The minimum Gasteiger partial charge on any atom is -0.363 e. The van der Waals surface area contributed by atoms with Crippen molar-refractivity contribution in [3.8, 4) is 0 Å². The van der Waals surface area contributed by atoms with E-state index in [1.807, 2.05) is 0 Å². The maximum Gasteiger partial charge on any atom is 0.166 e. The van der Waals surface area contributed by atoms with Crippen LogP contribution in [0.3, 0.4) is 0 Å². The zero-order valence-electron chi connectivity index (χ0n) is 9.72. The minimum atomic E-state index is 0.588. The summed E-state index contributed by atoms with van der Waals surface area (Å²) in [5.41, 5.74) is 0. The first-order chi connectivity index (χ1) is 7.33. The first-order valence-electron chi connectivity index (χ1n) is 6.19. The van der Waals surface area contributed by atoms with Crippen molar-refractivity contribution < 1.29 is 0 Å². The largest absolute Gasteiger partial charge is 0.363 e. The highest BCUT2D eigenvalue weighted by Crippen LogP contribution is 2.16. The lowest BCUT2D eigenvalue weighted by Gasteiger charge is -2.17. The van der Waals surface area contributed by atoms with E-state index in [2.05, 4.69) is 24.0 Å². The second-order valence-corrected chi connectivity index (χ2v) is 4.66. The van der Waals surface area contributed by atoms with Gasteiger partial charge in [0.05, 0.1) is 19.3 Å². The van der Waals surface area contributed by atoms with E-state index in [0.29, 0.717) is 6.04 Å². The lowest BCUT2D eigenvalue weighted by atomic mass is 10.1. The summed E-state index contributed by atoms with van der Waals surface area (Å²) in [6.07, 6.45) is 11.1. The molecule has 0 heterocycles. The highest BCUT2D eigenvalue weighted by Gasteiger charge is 2.16. The van der Waals surface area contributed by atoms with Crippen molar-refractivity contribution in [3.05, 3.63) is 6.42 Å². The summed E-state index contributed by atoms with van der Waals surface area (Å²) in [6.45, 7) is 3.19. The topological polar surface area (TPSA) is 24.1 Å². The molecular weight excluding hydrogens is 204 g/mol. The van der Waals surface area contributed by atoms with Crippen molar-refractivity contribution in [1.29, 1.82) is 0 Å². The van der Waals surface area contributed by atoms with Crippen molar-refractivity contribution in [2.75, 3.05) is 6.54 Å². The third-order valence-corrected chi connectivity index (χ3v) is 3.09. The van der Waals surface area contributed by atoms with Crippen LogP contribution in [0.15, 0.2) is 0 Å². The van der Waals surface area contributed by atoms with Gasteiger partial charge in [-0.2, -0.15) is 0 Å². The van der Waals surface area contributed by atoms with Gasteiger partial charge in [-0.1, -0.05) is 13.3 Å². The van der Waals surface area contributed by atoms with Gasteiger partial charge in [0.2, 0.25) is 0 Å². The molecule has 0 bridgehead atoms. The Kier molecular flexibility index (Phi) is 6.57. The maximum absolute atomic E-state index is 5.26. The Morgan fingerprint density at radius 2 is 2.27 bits per heavy atom. The fraction of sp³-hybridized carbons (Fsp3) is 0.833. The van der Waals surface area contributed by atoms with Crippen LogP contribution in [0, 0.1) is 6.42 Å². The molecule has 0 saturated heterocycles. The van der Waals surface area contributed by atoms with Gasteiger partial charge in [-0.25, -0.2) is 0 Å². The van der Waals surface area contributed by atoms with Gasteiger partial charge in [-0.3, -0.25) is 0 Å². The molecule has 0 radical (unpaired) electrons. The predicted molar refractivity (Wildman–Crippen MR) is 69.8 cm³/mol. The summed E-state index contributed by atoms with van der Waals surface area (Å²) in [4.78, 5) is 0. The second kappa shape index (κ2) is 7.80. The molecule has 0 spiro atoms. The summed E-state index contributed by atoms with van der Waals surface area (Å²) < 4.78 is 0. The monoisotopic (exact) mass is 227 g/mol. The SMILES string of the molecule is CCCCNC(=S)NC1CC[CH+]CCC1. The van der Waals surface area contributed by atoms with E-state index in [0.717, 1.165) is 11.7 Å². The Hall–Kier alpha value is -0.440. The van der Waals surface area contributed by atoms with Crippen molar-refractivity contribution in [2.24, 2.45) is 0 Å². The van der Waals surface area contributed by atoms with Crippen molar-refractivity contribution in [3.63, 3.8) is 0 Å². The molecule has 1 unspecified atom stereocenters. The van der Waals surface area contributed by atoms with E-state index in [4.69, 9.17) is 12.2 Å². The normalized spacial score (nSPS) is 21.3. The number of hydrogen-bond acceptors (Lipinski definition) is 1. The molecule has 3 heteroatoms. The average Bonchev–Trinajstić information content (AvgIpc) is 2.47. The summed E-state index contributed by atoms with van der Waals surface area (Å²) in [5.74, 6) is 0. The van der Waals surface area contributed by atoms with E-state index in [-0.39, 0.29) is 0 Å². The van der Waals surface area contributed by atoms with E-state index < -0.39 is 0 Å². The molecule has 0 aromatic heterocycles. The first kappa shape index (κ1) is 12.6. The van der Waals surface area contributed by atoms with Crippen LogP contribution in [-0.2, 0) is 0 Å². The standard InChI is InChI=1S/C12H22N2S/c1-2-3-10-13-12(15)14-11-8-6-4-5-7-9-11/h4,11H,2-3,5-10H2,1H3,(H-,13,14,15)/p+1. The summed E-state index contributed by atoms with van der Waals surface area (Å²) in [5, 5.41) is 7.52. The number of rotatable bonds is 4. The number of unbranched alkanes of at least 4 members (excludes halogenated alkanes) is 1. The molecule has 86 valence electrons. The molecule has 0 aromatic carbocycles. The third kappa shape index (κ3) is 5.88. The fourth-order valence-corrected chi connectivity index (χ4v) is 2.14. The van der Waals surface area contributed by atoms with Crippen LogP contribution in [0.1, 0.15) is 51.9 Å². The molecule has 1 aliphatic rings. The Morgan fingerprint density at radius 1 is 1.40 bits per heavy atom. The van der Waals surface area contributed by atoms with Gasteiger partial charge in [0.25, 0.3) is 0 Å². The smallest absolute Gasteiger partial charge is 0.166 e. The molecule has 0 aromatic rings. The van der Waals surface area contributed by atoms with Crippen molar-refractivity contribution in [1.82, 2.24) is 10.6 Å². The van der Waals surface area contributed by atoms with Crippen LogP contribution < -0.4 is 10.6 Å². The summed E-state index contributed by atoms with van der Waals surface area (Å²) in [7, 11) is 0. The maximum atomic E-state index is 5.26. The summed E-state index contributed by atoms with van der Waals surface area (Å²) >= 11 is 5.26. The second-order valence-electron chi connectivity index (χ2n) is 4.25. The molecule has 15 heavy (non-hydrogen) atoms. The molecule has 2 N–H and O–H groups in total. The molecule has 0 aliphatic heterocycles. The lowest BCUT2D eigenvalue weighted by Crippen LogP contribution is -2.41. The molecule has 1 atom stereocenters. The van der Waals surface area contributed by atoms with Crippen LogP contribution in [0.4, 0.5) is 0 Å². The number of thiocarbonyl (C=S) groups is 1. The van der Waals surface area contributed by atoms with Gasteiger partial charge >= 0.3 is 0 Å². The van der Waals surface area contributed by atoms with Gasteiger partial charge in [0, 0.05) is 19.0 Å². The lowest BCUT2D eigenvalue weighted by molar-refractivity contribution is 0.530. The van der Waals surface area contributed by atoms with Crippen molar-refractivity contribution >= 4 is 17.3 Å². The van der Waals surface area contributed by atoms with Gasteiger partial charge < -0.3 is 10.6 Å². The fourth-order valence-electron chi connectivity index (χ4n) is 1.88. The molecule has 1 rings (SSSR count). The van der Waals surface area contributed by atoms with Crippen LogP contribution in [-0.4, -0.2) is 17.7 Å². The van der Waals surface area contributed by atoms with Crippen LogP contribution in [0.2, 0.25) is 0 Å². The number of nitrogens with one attached hydrogen (secondary N) is 2. The Morgan fingerprint density at radius 3 is 3.07 bits per heavy atom. The quantitative estimate of drug-likeness (QED) is 0.334. The highest BCUT2D eigenvalue weighted by atomic mass is 32.1. The van der Waals surface area contributed by atoms with Crippen LogP contribution >= 0.6 is 12.2 Å². The molecule has 1 fully saturated rings. The van der Waals surface area contributed by atoms with E-state index in [1.54, 1.807) is 0 Å². The van der Waals surface area contributed by atoms with Crippen molar-refractivity contribution in [2.45, 2.75) is 57.9 Å². The molecular formula is C12H23N2S+. The third-order valence-electron chi connectivity index (χ3n) is 2.83. The molecule has 1 aliphatic carbocycles. The zero-order valence-corrected chi connectivity index (χ0v) is 10.5. The first-order valence-corrected chi connectivity index (χ1v) is 6.59. The number of hydrogen-bond donors (Lipinski definition) is 2. The van der Waals surface area contributed by atoms with Gasteiger partial charge in [0.15, 0.2) is 5.11 Å². The molecule has 1 saturated carbocycles. The van der Waals surface area contributed by atoms with E-state index in [1.165, 1.54) is 44.9 Å². The molecule has 2 nitrogen and oxygen atoms in total. The average molecular weight is 227 g/mol. The van der Waals surface area contributed by atoms with Gasteiger partial charge in [-0.15, -0.1) is 0 Å². The van der Waals surface area contributed by atoms with E-state index >= 15 is 0 Å². The minimum absolute atomic E-state index is 0.588. The van der Waals surface area contributed by atoms with Gasteiger partial charge in [-0.05, 0) is 31.5 Å². The zero-order chi connectivity index (χ0) is 10.9. The Balaban J connectivity index is 2.12. The summed E-state index contributed by atoms with van der Waals surface area (Å²) in [6, 6.07) is 0.588. The van der Waals surface area contributed by atoms with Crippen LogP contribution in [0.5, 0.6) is 0 Å². The Labute approximate surface area is 99.2 Å². The van der Waals surface area contributed by atoms with E-state index in [9.17, 15) is 0 Å². The predicted octanol–water partition coefficient (Wildman–Crippen LogP) is 2.79. The Bertz CT molecular complexity index is 174. The highest BCUT2D eigenvalue weighted by molar-refractivity contribution is 7.80.